The molecule has 1 aromatic carbocycles. The summed E-state index contributed by atoms with van der Waals surface area (Å²) < 4.78 is 44.3. The molecule has 3 aliphatic rings. The molecule has 3 aliphatic carbocycles. The lowest BCUT2D eigenvalue weighted by molar-refractivity contribution is -0.137. The molecule has 1 aromatic rings. The van der Waals surface area contributed by atoms with Crippen molar-refractivity contribution in [2.24, 2.45) is 23.7 Å². The molecule has 162 valence electrons. The Balaban J connectivity index is 1.27. The van der Waals surface area contributed by atoms with Gasteiger partial charge in [0.05, 0.1) is 11.7 Å². The third-order valence-corrected chi connectivity index (χ3v) is 8.16. The fourth-order valence-electron chi connectivity index (χ4n) is 6.57. The van der Waals surface area contributed by atoms with Gasteiger partial charge in [-0.25, -0.2) is 0 Å². The van der Waals surface area contributed by atoms with Gasteiger partial charge in [-0.1, -0.05) is 12.1 Å². The fraction of sp³-hybridized carbons (Fsp3) is 0.760. The van der Waals surface area contributed by atoms with Gasteiger partial charge in [0.15, 0.2) is 0 Å². The van der Waals surface area contributed by atoms with E-state index >= 15 is 0 Å². The highest BCUT2D eigenvalue weighted by atomic mass is 19.4. The summed E-state index contributed by atoms with van der Waals surface area (Å²) in [7, 11) is 0. The second-order valence-corrected chi connectivity index (χ2v) is 9.72. The van der Waals surface area contributed by atoms with E-state index in [4.69, 9.17) is 4.74 Å². The zero-order valence-corrected chi connectivity index (χ0v) is 17.6. The predicted octanol–water partition coefficient (Wildman–Crippen LogP) is 7.60. The largest absolute Gasteiger partial charge is 0.416 e. The smallest absolute Gasteiger partial charge is 0.378 e. The SMILES string of the molecule is CCOC1CCC2CC(C3CCC(c4ccc(C(F)(F)F)cc4)CC3)CCC2C1. The van der Waals surface area contributed by atoms with Gasteiger partial charge >= 0.3 is 6.18 Å². The Kier molecular flexibility index (Phi) is 6.58. The molecule has 0 radical (unpaired) electrons. The van der Waals surface area contributed by atoms with E-state index in [0.29, 0.717) is 12.0 Å². The minimum Gasteiger partial charge on any atom is -0.378 e. The molecule has 3 saturated carbocycles. The van der Waals surface area contributed by atoms with Gasteiger partial charge in [-0.2, -0.15) is 13.2 Å². The van der Waals surface area contributed by atoms with Gasteiger partial charge in [0.1, 0.15) is 0 Å². The number of halogens is 3. The van der Waals surface area contributed by atoms with Gasteiger partial charge in [0, 0.05) is 6.61 Å². The molecule has 0 aliphatic heterocycles. The van der Waals surface area contributed by atoms with Crippen LogP contribution in [0.4, 0.5) is 13.2 Å². The summed E-state index contributed by atoms with van der Waals surface area (Å²) in [4.78, 5) is 0. The third kappa shape index (κ3) is 5.00. The van der Waals surface area contributed by atoms with E-state index in [1.54, 1.807) is 12.1 Å². The highest BCUT2D eigenvalue weighted by Crippen LogP contribution is 2.49. The Bertz CT molecular complexity index is 645. The molecule has 4 rings (SSSR count). The van der Waals surface area contributed by atoms with Crippen LogP contribution in [0.3, 0.4) is 0 Å². The number of alkyl halides is 3. The van der Waals surface area contributed by atoms with E-state index in [1.807, 2.05) is 0 Å². The van der Waals surface area contributed by atoms with Crippen LogP contribution in [0.1, 0.15) is 88.2 Å². The molecule has 0 N–H and O–H groups in total. The van der Waals surface area contributed by atoms with Crippen molar-refractivity contribution in [1.82, 2.24) is 0 Å². The van der Waals surface area contributed by atoms with E-state index in [0.717, 1.165) is 48.7 Å². The third-order valence-electron chi connectivity index (χ3n) is 8.16. The summed E-state index contributed by atoms with van der Waals surface area (Å²) in [5.41, 5.74) is 0.556. The van der Waals surface area contributed by atoms with Crippen molar-refractivity contribution in [2.75, 3.05) is 6.61 Å². The maximum atomic E-state index is 12.8. The van der Waals surface area contributed by atoms with E-state index < -0.39 is 11.7 Å². The fourth-order valence-corrected chi connectivity index (χ4v) is 6.57. The lowest BCUT2D eigenvalue weighted by Crippen LogP contribution is -2.36. The van der Waals surface area contributed by atoms with Crippen molar-refractivity contribution in [1.29, 1.82) is 0 Å². The first-order valence-corrected chi connectivity index (χ1v) is 11.7. The molecular formula is C25H35F3O. The van der Waals surface area contributed by atoms with Crippen LogP contribution in [0.15, 0.2) is 24.3 Å². The maximum absolute atomic E-state index is 12.8. The lowest BCUT2D eigenvalue weighted by atomic mass is 9.62. The molecule has 0 aromatic heterocycles. The van der Waals surface area contributed by atoms with Crippen molar-refractivity contribution in [3.63, 3.8) is 0 Å². The Hall–Kier alpha value is -1.03. The highest BCUT2D eigenvalue weighted by Gasteiger charge is 2.39. The van der Waals surface area contributed by atoms with Gasteiger partial charge in [-0.05, 0) is 118 Å². The summed E-state index contributed by atoms with van der Waals surface area (Å²) >= 11 is 0. The van der Waals surface area contributed by atoms with Gasteiger partial charge in [-0.3, -0.25) is 0 Å². The van der Waals surface area contributed by atoms with Crippen LogP contribution in [-0.4, -0.2) is 12.7 Å². The van der Waals surface area contributed by atoms with E-state index in [-0.39, 0.29) is 0 Å². The van der Waals surface area contributed by atoms with Gasteiger partial charge in [-0.15, -0.1) is 0 Å². The zero-order valence-electron chi connectivity index (χ0n) is 17.6. The molecular weight excluding hydrogens is 373 g/mol. The van der Waals surface area contributed by atoms with Gasteiger partial charge < -0.3 is 4.74 Å². The standard InChI is InChI=1S/C25H35F3O/c1-2-29-24-14-11-21-15-20(7-8-22(21)16-24)19-5-3-17(4-6-19)18-9-12-23(13-10-18)25(26,27)28/h9-10,12-13,17,19-22,24H,2-8,11,14-16H2,1H3. The molecule has 0 heterocycles. The van der Waals surface area contributed by atoms with Crippen molar-refractivity contribution >= 4 is 0 Å². The molecule has 0 spiro atoms. The molecule has 1 nitrogen and oxygen atoms in total. The number of hydrogen-bond donors (Lipinski definition) is 0. The first kappa shape index (κ1) is 21.2. The van der Waals surface area contributed by atoms with Crippen molar-refractivity contribution < 1.29 is 17.9 Å². The van der Waals surface area contributed by atoms with Crippen LogP contribution >= 0.6 is 0 Å². The number of rotatable bonds is 4. The highest BCUT2D eigenvalue weighted by molar-refractivity contribution is 5.27. The average Bonchev–Trinajstić information content (AvgIpc) is 2.73. The molecule has 3 fully saturated rings. The van der Waals surface area contributed by atoms with Crippen molar-refractivity contribution in [3.8, 4) is 0 Å². The molecule has 0 saturated heterocycles. The van der Waals surface area contributed by atoms with Crippen molar-refractivity contribution in [2.45, 2.75) is 89.3 Å². The summed E-state index contributed by atoms with van der Waals surface area (Å²) in [6.07, 6.45) is 9.01. The van der Waals surface area contributed by atoms with Crippen LogP contribution in [0.25, 0.3) is 0 Å². The lowest BCUT2D eigenvalue weighted by Gasteiger charge is -2.45. The van der Waals surface area contributed by atoms with Crippen LogP contribution in [0.5, 0.6) is 0 Å². The summed E-state index contributed by atoms with van der Waals surface area (Å²) in [6.45, 7) is 2.94. The quantitative estimate of drug-likeness (QED) is 0.498. The topological polar surface area (TPSA) is 9.23 Å². The molecule has 4 unspecified atom stereocenters. The first-order chi connectivity index (χ1) is 13.9. The Morgan fingerprint density at radius 1 is 0.759 bits per heavy atom. The van der Waals surface area contributed by atoms with Crippen LogP contribution in [-0.2, 0) is 10.9 Å². The van der Waals surface area contributed by atoms with Crippen LogP contribution in [0.2, 0.25) is 0 Å². The number of hydrogen-bond acceptors (Lipinski definition) is 1. The summed E-state index contributed by atoms with van der Waals surface area (Å²) in [6, 6.07) is 5.91. The monoisotopic (exact) mass is 408 g/mol. The Morgan fingerprint density at radius 2 is 1.31 bits per heavy atom. The average molecular weight is 409 g/mol. The van der Waals surface area contributed by atoms with E-state index in [2.05, 4.69) is 6.92 Å². The molecule has 4 heteroatoms. The number of fused-ring (bicyclic) bond motifs is 1. The normalized spacial score (nSPS) is 35.9. The second kappa shape index (κ2) is 8.99. The molecule has 29 heavy (non-hydrogen) atoms. The molecule has 4 atom stereocenters. The zero-order chi connectivity index (χ0) is 20.4. The van der Waals surface area contributed by atoms with Crippen LogP contribution in [0, 0.1) is 23.7 Å². The summed E-state index contributed by atoms with van der Waals surface area (Å²) in [5.74, 6) is 3.91. The molecule has 0 amide bonds. The van der Waals surface area contributed by atoms with Gasteiger partial charge in [0.25, 0.3) is 0 Å². The predicted molar refractivity (Wildman–Crippen MR) is 110 cm³/mol. The molecule has 0 bridgehead atoms. The van der Waals surface area contributed by atoms with E-state index in [9.17, 15) is 13.2 Å². The van der Waals surface area contributed by atoms with Gasteiger partial charge in [0.2, 0.25) is 0 Å². The van der Waals surface area contributed by atoms with E-state index in [1.165, 1.54) is 63.5 Å². The second-order valence-electron chi connectivity index (χ2n) is 9.72. The summed E-state index contributed by atoms with van der Waals surface area (Å²) in [5, 5.41) is 0. The number of benzene rings is 1. The number of ether oxygens (including phenoxy) is 1. The Labute approximate surface area is 173 Å². The Morgan fingerprint density at radius 3 is 1.93 bits per heavy atom. The minimum atomic E-state index is -4.24. The minimum absolute atomic E-state index is 0.437. The maximum Gasteiger partial charge on any atom is 0.416 e. The van der Waals surface area contributed by atoms with Crippen molar-refractivity contribution in [3.05, 3.63) is 35.4 Å². The first-order valence-electron chi connectivity index (χ1n) is 11.7. The van der Waals surface area contributed by atoms with Crippen LogP contribution < -0.4 is 0 Å².